The van der Waals surface area contributed by atoms with Gasteiger partial charge in [0.1, 0.15) is 18.1 Å². The zero-order valence-corrected chi connectivity index (χ0v) is 15.9. The van der Waals surface area contributed by atoms with Gasteiger partial charge in [-0.05, 0) is 30.7 Å². The van der Waals surface area contributed by atoms with Crippen molar-refractivity contribution < 1.29 is 14.3 Å². The molecule has 2 aromatic heterocycles. The summed E-state index contributed by atoms with van der Waals surface area (Å²) >= 11 is 7.50. The van der Waals surface area contributed by atoms with Crippen molar-refractivity contribution in [1.29, 1.82) is 0 Å². The Morgan fingerprint density at radius 3 is 2.85 bits per heavy atom. The van der Waals surface area contributed by atoms with Crippen LogP contribution in [0, 0.1) is 6.92 Å². The van der Waals surface area contributed by atoms with Crippen molar-refractivity contribution in [3.8, 4) is 22.3 Å². The lowest BCUT2D eigenvalue weighted by Crippen LogP contribution is -2.23. The summed E-state index contributed by atoms with van der Waals surface area (Å²) in [7, 11) is 0. The average molecular weight is 403 g/mol. The Morgan fingerprint density at radius 2 is 2.04 bits per heavy atom. The van der Waals surface area contributed by atoms with Gasteiger partial charge in [-0.25, -0.2) is 15.0 Å². The number of amides is 1. The predicted octanol–water partition coefficient (Wildman–Crippen LogP) is 3.26. The number of carbonyl (C=O) groups excluding carboxylic acids is 1. The molecular weight excluding hydrogens is 388 g/mol. The van der Waals surface area contributed by atoms with E-state index in [1.54, 1.807) is 31.5 Å². The molecule has 0 saturated carbocycles. The highest BCUT2D eigenvalue weighted by Gasteiger charge is 2.19. The number of nitrogens with zero attached hydrogens (tertiary/aromatic N) is 3. The van der Waals surface area contributed by atoms with E-state index in [2.05, 4.69) is 20.3 Å². The quantitative estimate of drug-likeness (QED) is 0.720. The van der Waals surface area contributed by atoms with Crippen LogP contribution < -0.4 is 14.8 Å². The van der Waals surface area contributed by atoms with Gasteiger partial charge in [-0.3, -0.25) is 4.79 Å². The highest BCUT2D eigenvalue weighted by molar-refractivity contribution is 7.17. The summed E-state index contributed by atoms with van der Waals surface area (Å²) in [6.07, 6.45) is 3.29. The molecule has 1 amide bonds. The van der Waals surface area contributed by atoms with Gasteiger partial charge in [0.15, 0.2) is 22.3 Å². The maximum atomic E-state index is 12.6. The van der Waals surface area contributed by atoms with Crippen LogP contribution in [0.1, 0.15) is 20.9 Å². The van der Waals surface area contributed by atoms with Gasteiger partial charge in [-0.15, -0.1) is 11.3 Å². The number of aromatic nitrogens is 3. The van der Waals surface area contributed by atoms with Crippen molar-refractivity contribution in [2.75, 3.05) is 13.2 Å². The first-order valence-electron chi connectivity index (χ1n) is 8.23. The number of nitrogens with one attached hydrogen (secondary N) is 1. The second-order valence-corrected chi connectivity index (χ2v) is 7.20. The van der Waals surface area contributed by atoms with Crippen LogP contribution >= 0.6 is 22.9 Å². The minimum absolute atomic E-state index is 0.210. The van der Waals surface area contributed by atoms with Crippen LogP contribution in [-0.4, -0.2) is 34.1 Å². The van der Waals surface area contributed by atoms with Gasteiger partial charge < -0.3 is 14.8 Å². The molecule has 0 atom stereocenters. The third kappa shape index (κ3) is 3.72. The molecule has 0 aliphatic carbocycles. The van der Waals surface area contributed by atoms with Crippen LogP contribution in [0.15, 0.2) is 30.6 Å². The van der Waals surface area contributed by atoms with Crippen molar-refractivity contribution in [1.82, 2.24) is 20.3 Å². The van der Waals surface area contributed by atoms with Crippen LogP contribution in [-0.2, 0) is 6.54 Å². The van der Waals surface area contributed by atoms with Crippen LogP contribution in [0.3, 0.4) is 0 Å². The van der Waals surface area contributed by atoms with Gasteiger partial charge in [0, 0.05) is 18.9 Å². The Hall–Kier alpha value is -2.71. The normalized spacial score (nSPS) is 12.7. The molecule has 3 aromatic rings. The first kappa shape index (κ1) is 17.7. The molecule has 0 unspecified atom stereocenters. The number of carbonyl (C=O) groups is 1. The molecule has 1 aromatic carbocycles. The van der Waals surface area contributed by atoms with Gasteiger partial charge in [-0.1, -0.05) is 11.6 Å². The molecule has 0 spiro atoms. The molecule has 0 fully saturated rings. The highest BCUT2D eigenvalue weighted by Crippen LogP contribution is 2.38. The van der Waals surface area contributed by atoms with E-state index in [0.29, 0.717) is 57.7 Å². The van der Waals surface area contributed by atoms with Crippen molar-refractivity contribution >= 4 is 28.8 Å². The van der Waals surface area contributed by atoms with E-state index in [1.165, 1.54) is 11.3 Å². The van der Waals surface area contributed by atoms with E-state index in [-0.39, 0.29) is 5.91 Å². The van der Waals surface area contributed by atoms with Gasteiger partial charge >= 0.3 is 0 Å². The molecule has 9 heteroatoms. The minimum Gasteiger partial charge on any atom is -0.486 e. The molecular formula is C18H15ClN4O3S. The summed E-state index contributed by atoms with van der Waals surface area (Å²) in [6, 6.07) is 5.32. The Labute approximate surface area is 164 Å². The average Bonchev–Trinajstić information content (AvgIpc) is 3.09. The third-order valence-electron chi connectivity index (χ3n) is 3.87. The minimum atomic E-state index is -0.210. The van der Waals surface area contributed by atoms with E-state index in [0.717, 1.165) is 5.56 Å². The number of halogens is 1. The smallest absolute Gasteiger partial charge is 0.263 e. The Morgan fingerprint density at radius 1 is 1.26 bits per heavy atom. The molecule has 3 heterocycles. The topological polar surface area (TPSA) is 86.2 Å². The Kier molecular flexibility index (Phi) is 4.91. The van der Waals surface area contributed by atoms with Gasteiger partial charge in [-0.2, -0.15) is 0 Å². The fraction of sp³-hybridized carbons (Fsp3) is 0.222. The Bertz CT molecular complexity index is 994. The Balaban J connectivity index is 1.49. The molecule has 1 aliphatic heterocycles. The van der Waals surface area contributed by atoms with Crippen molar-refractivity contribution in [3.63, 3.8) is 0 Å². The lowest BCUT2D eigenvalue weighted by Gasteiger charge is -2.20. The number of hydrogen-bond acceptors (Lipinski definition) is 7. The maximum absolute atomic E-state index is 12.6. The van der Waals surface area contributed by atoms with E-state index in [4.69, 9.17) is 21.1 Å². The molecule has 1 aliphatic rings. The van der Waals surface area contributed by atoms with Gasteiger partial charge in [0.05, 0.1) is 10.7 Å². The van der Waals surface area contributed by atoms with Crippen LogP contribution in [0.4, 0.5) is 0 Å². The second-order valence-electron chi connectivity index (χ2n) is 5.79. The zero-order chi connectivity index (χ0) is 18.8. The van der Waals surface area contributed by atoms with Crippen LogP contribution in [0.25, 0.3) is 10.8 Å². The SMILES string of the molecule is Cc1nc(-c2ncccn2)sc1C(=O)NCc1cc(Cl)c2c(c1)OCCO2. The monoisotopic (exact) mass is 402 g/mol. The molecule has 138 valence electrons. The van der Waals surface area contributed by atoms with Gasteiger partial charge in [0.2, 0.25) is 0 Å². The van der Waals surface area contributed by atoms with E-state index in [9.17, 15) is 4.79 Å². The third-order valence-corrected chi connectivity index (χ3v) is 5.30. The summed E-state index contributed by atoms with van der Waals surface area (Å²) in [5.41, 5.74) is 1.46. The molecule has 7 nitrogen and oxygen atoms in total. The fourth-order valence-corrected chi connectivity index (χ4v) is 3.86. The number of hydrogen-bond donors (Lipinski definition) is 1. The first-order chi connectivity index (χ1) is 13.1. The lowest BCUT2D eigenvalue weighted by molar-refractivity contribution is 0.0954. The molecule has 27 heavy (non-hydrogen) atoms. The number of aryl methyl sites for hydroxylation is 1. The predicted molar refractivity (Wildman–Crippen MR) is 101 cm³/mol. The number of benzene rings is 1. The molecule has 1 N–H and O–H groups in total. The number of thiazole rings is 1. The largest absolute Gasteiger partial charge is 0.486 e. The standard InChI is InChI=1S/C18H15ClN4O3S/c1-10-15(27-18(23-10)16-20-3-2-4-21-16)17(24)22-9-11-7-12(19)14-13(8-11)25-5-6-26-14/h2-4,7-8H,5-6,9H2,1H3,(H,22,24). The maximum Gasteiger partial charge on any atom is 0.263 e. The molecule has 4 rings (SSSR count). The zero-order valence-electron chi connectivity index (χ0n) is 14.4. The highest BCUT2D eigenvalue weighted by atomic mass is 35.5. The number of rotatable bonds is 4. The molecule has 0 radical (unpaired) electrons. The van der Waals surface area contributed by atoms with E-state index >= 15 is 0 Å². The number of fused-ring (bicyclic) bond motifs is 1. The molecule has 0 bridgehead atoms. The van der Waals surface area contributed by atoms with E-state index < -0.39 is 0 Å². The summed E-state index contributed by atoms with van der Waals surface area (Å²) in [5.74, 6) is 1.43. The lowest BCUT2D eigenvalue weighted by atomic mass is 10.2. The number of ether oxygens (including phenoxy) is 2. The van der Waals surface area contributed by atoms with Crippen LogP contribution in [0.2, 0.25) is 5.02 Å². The summed E-state index contributed by atoms with van der Waals surface area (Å²) in [4.78, 5) is 25.9. The summed E-state index contributed by atoms with van der Waals surface area (Å²) < 4.78 is 11.1. The summed E-state index contributed by atoms with van der Waals surface area (Å²) in [5, 5.41) is 3.97. The van der Waals surface area contributed by atoms with Crippen molar-refractivity contribution in [3.05, 3.63) is 51.7 Å². The van der Waals surface area contributed by atoms with Gasteiger partial charge in [0.25, 0.3) is 5.91 Å². The fourth-order valence-electron chi connectivity index (χ4n) is 2.64. The van der Waals surface area contributed by atoms with Crippen molar-refractivity contribution in [2.24, 2.45) is 0 Å². The first-order valence-corrected chi connectivity index (χ1v) is 9.42. The molecule has 0 saturated heterocycles. The second kappa shape index (κ2) is 7.50. The summed E-state index contributed by atoms with van der Waals surface area (Å²) in [6.45, 7) is 3.05. The van der Waals surface area contributed by atoms with Crippen LogP contribution in [0.5, 0.6) is 11.5 Å². The van der Waals surface area contributed by atoms with Crippen molar-refractivity contribution in [2.45, 2.75) is 13.5 Å². The van der Waals surface area contributed by atoms with E-state index in [1.807, 2.05) is 6.07 Å².